The van der Waals surface area contributed by atoms with Crippen molar-refractivity contribution in [2.24, 2.45) is 5.92 Å². The van der Waals surface area contributed by atoms with Crippen LogP contribution in [0.1, 0.15) is 71.1 Å². The number of unbranched alkanes of at least 4 members (excludes halogenated alkanes) is 3. The maximum Gasteiger partial charge on any atom is 0.228 e. The third-order valence-electron chi connectivity index (χ3n) is 5.70. The minimum Gasteiger partial charge on any atom is -0.489 e. The molecule has 0 radical (unpaired) electrons. The molecule has 0 amide bonds. The molecule has 5 heteroatoms. The normalized spacial score (nSPS) is 24.3. The molecule has 2 rings (SSSR count). The summed E-state index contributed by atoms with van der Waals surface area (Å²) in [6, 6.07) is 0. The number of hydrogen-bond donors (Lipinski definition) is 1. The number of ether oxygens (including phenoxy) is 2. The smallest absolute Gasteiger partial charge is 0.228 e. The fourth-order valence-corrected chi connectivity index (χ4v) is 4.01. The molecule has 2 aliphatic rings. The van der Waals surface area contributed by atoms with Crippen molar-refractivity contribution < 1.29 is 24.2 Å². The molecule has 1 saturated carbocycles. The van der Waals surface area contributed by atoms with E-state index in [1.807, 2.05) is 0 Å². The van der Waals surface area contributed by atoms with E-state index in [0.29, 0.717) is 17.6 Å². The van der Waals surface area contributed by atoms with Gasteiger partial charge in [0.05, 0.1) is 20.3 Å². The monoisotopic (exact) mass is 364 g/mol. The van der Waals surface area contributed by atoms with Crippen molar-refractivity contribution in [1.82, 2.24) is 0 Å². The van der Waals surface area contributed by atoms with Crippen LogP contribution in [-0.2, 0) is 19.1 Å². The Morgan fingerprint density at radius 1 is 0.885 bits per heavy atom. The summed E-state index contributed by atoms with van der Waals surface area (Å²) in [5.74, 6) is 0.331. The van der Waals surface area contributed by atoms with Crippen LogP contribution < -0.4 is 0 Å². The SMILES string of the molecule is COC1=C(OC)C(=O)C(CCCCCCC2CCC(O)CC2)=C(C)C1=O. The van der Waals surface area contributed by atoms with E-state index in [1.54, 1.807) is 6.92 Å². The molecule has 1 N–H and O–H groups in total. The van der Waals surface area contributed by atoms with Crippen LogP contribution in [0.4, 0.5) is 0 Å². The zero-order valence-corrected chi connectivity index (χ0v) is 16.3. The lowest BCUT2D eigenvalue weighted by molar-refractivity contribution is -0.121. The highest BCUT2D eigenvalue weighted by atomic mass is 16.5. The van der Waals surface area contributed by atoms with Gasteiger partial charge >= 0.3 is 0 Å². The molecule has 0 unspecified atom stereocenters. The molecular formula is C21H32O5. The van der Waals surface area contributed by atoms with Crippen molar-refractivity contribution in [2.75, 3.05) is 14.2 Å². The van der Waals surface area contributed by atoms with Crippen molar-refractivity contribution >= 4 is 11.6 Å². The number of hydrogen-bond acceptors (Lipinski definition) is 5. The molecule has 0 heterocycles. The number of carbonyl (C=O) groups excluding carboxylic acids is 2. The van der Waals surface area contributed by atoms with Crippen molar-refractivity contribution in [3.05, 3.63) is 22.7 Å². The van der Waals surface area contributed by atoms with Crippen molar-refractivity contribution in [3.63, 3.8) is 0 Å². The van der Waals surface area contributed by atoms with Crippen LogP contribution >= 0.6 is 0 Å². The van der Waals surface area contributed by atoms with Gasteiger partial charge in [0.1, 0.15) is 0 Å². The largest absolute Gasteiger partial charge is 0.489 e. The summed E-state index contributed by atoms with van der Waals surface area (Å²) in [6.45, 7) is 1.69. The molecule has 0 saturated heterocycles. The number of carbonyl (C=O) groups is 2. The summed E-state index contributed by atoms with van der Waals surface area (Å²) >= 11 is 0. The van der Waals surface area contributed by atoms with Gasteiger partial charge in [-0.2, -0.15) is 0 Å². The van der Waals surface area contributed by atoms with Gasteiger partial charge in [-0.15, -0.1) is 0 Å². The summed E-state index contributed by atoms with van der Waals surface area (Å²) in [4.78, 5) is 24.9. The van der Waals surface area contributed by atoms with Gasteiger partial charge < -0.3 is 14.6 Å². The highest BCUT2D eigenvalue weighted by molar-refractivity contribution is 6.23. The second-order valence-corrected chi connectivity index (χ2v) is 7.46. The van der Waals surface area contributed by atoms with Crippen LogP contribution in [0, 0.1) is 5.92 Å². The second-order valence-electron chi connectivity index (χ2n) is 7.46. The number of aliphatic hydroxyl groups is 1. The van der Waals surface area contributed by atoms with Gasteiger partial charge in [-0.3, -0.25) is 9.59 Å². The van der Waals surface area contributed by atoms with Crippen molar-refractivity contribution in [3.8, 4) is 0 Å². The van der Waals surface area contributed by atoms with Crippen LogP contribution in [-0.4, -0.2) is 37.0 Å². The molecule has 0 aromatic heterocycles. The van der Waals surface area contributed by atoms with E-state index >= 15 is 0 Å². The molecule has 0 aromatic carbocycles. The molecule has 0 atom stereocenters. The number of methoxy groups -OCH3 is 2. The van der Waals surface area contributed by atoms with Gasteiger partial charge in [0, 0.05) is 11.1 Å². The van der Waals surface area contributed by atoms with Gasteiger partial charge in [-0.25, -0.2) is 0 Å². The number of aliphatic hydroxyl groups excluding tert-OH is 1. The first-order valence-electron chi connectivity index (χ1n) is 9.79. The van der Waals surface area contributed by atoms with Crippen molar-refractivity contribution in [2.45, 2.75) is 77.2 Å². The Morgan fingerprint density at radius 2 is 1.46 bits per heavy atom. The van der Waals surface area contributed by atoms with E-state index in [4.69, 9.17) is 9.47 Å². The minimum absolute atomic E-state index is 0.0105. The lowest BCUT2D eigenvalue weighted by Crippen LogP contribution is -2.25. The zero-order chi connectivity index (χ0) is 19.1. The Bertz CT molecular complexity index is 579. The Labute approximate surface area is 156 Å². The first kappa shape index (κ1) is 20.7. The van der Waals surface area contributed by atoms with E-state index in [2.05, 4.69) is 0 Å². The predicted molar refractivity (Wildman–Crippen MR) is 99.4 cm³/mol. The van der Waals surface area contributed by atoms with Crippen LogP contribution in [0.2, 0.25) is 0 Å². The summed E-state index contributed by atoms with van der Waals surface area (Å²) in [5.41, 5.74) is 1.04. The van der Waals surface area contributed by atoms with E-state index < -0.39 is 0 Å². The molecular weight excluding hydrogens is 332 g/mol. The molecule has 0 spiro atoms. The molecule has 0 aliphatic heterocycles. The Kier molecular flexibility index (Phi) is 7.88. The topological polar surface area (TPSA) is 72.8 Å². The lowest BCUT2D eigenvalue weighted by Gasteiger charge is -2.25. The summed E-state index contributed by atoms with van der Waals surface area (Å²) in [6.07, 6.45) is 10.3. The van der Waals surface area contributed by atoms with Gasteiger partial charge in [0.25, 0.3) is 0 Å². The molecule has 0 aromatic rings. The second kappa shape index (κ2) is 9.91. The fraction of sp³-hybridized carbons (Fsp3) is 0.714. The van der Waals surface area contributed by atoms with Crippen LogP contribution in [0.25, 0.3) is 0 Å². The molecule has 0 bridgehead atoms. The van der Waals surface area contributed by atoms with E-state index in [0.717, 1.165) is 50.9 Å². The van der Waals surface area contributed by atoms with E-state index in [-0.39, 0.29) is 29.2 Å². The third-order valence-corrected chi connectivity index (χ3v) is 5.70. The molecule has 1 fully saturated rings. The lowest BCUT2D eigenvalue weighted by atomic mass is 9.84. The number of allylic oxidation sites excluding steroid dienone is 2. The van der Waals surface area contributed by atoms with Crippen LogP contribution in [0.15, 0.2) is 22.7 Å². The fourth-order valence-electron chi connectivity index (χ4n) is 4.01. The molecule has 5 nitrogen and oxygen atoms in total. The first-order chi connectivity index (χ1) is 12.5. The molecule has 26 heavy (non-hydrogen) atoms. The zero-order valence-electron chi connectivity index (χ0n) is 16.3. The Morgan fingerprint density at radius 3 is 2.08 bits per heavy atom. The molecule has 2 aliphatic carbocycles. The van der Waals surface area contributed by atoms with Crippen LogP contribution in [0.5, 0.6) is 0 Å². The minimum atomic E-state index is -0.251. The number of Topliss-reactive ketones (excluding diaryl/α,β-unsaturated/α-hetero) is 2. The standard InChI is InChI=1S/C21H32O5/c1-14-17(19(24)21(26-3)20(25-2)18(14)23)9-7-5-4-6-8-15-10-12-16(22)13-11-15/h15-16,22H,4-13H2,1-3H3. The number of rotatable bonds is 9. The van der Waals surface area contributed by atoms with Crippen LogP contribution in [0.3, 0.4) is 0 Å². The highest BCUT2D eigenvalue weighted by Gasteiger charge is 2.34. The first-order valence-corrected chi connectivity index (χ1v) is 9.79. The van der Waals surface area contributed by atoms with Crippen molar-refractivity contribution in [1.29, 1.82) is 0 Å². The Hall–Kier alpha value is -1.62. The highest BCUT2D eigenvalue weighted by Crippen LogP contribution is 2.30. The van der Waals surface area contributed by atoms with E-state index in [9.17, 15) is 14.7 Å². The third kappa shape index (κ3) is 4.97. The average Bonchev–Trinajstić information content (AvgIpc) is 2.64. The van der Waals surface area contributed by atoms with Gasteiger partial charge in [-0.1, -0.05) is 25.7 Å². The summed E-state index contributed by atoms with van der Waals surface area (Å²) in [5, 5.41) is 9.55. The average molecular weight is 364 g/mol. The van der Waals surface area contributed by atoms with E-state index in [1.165, 1.54) is 27.1 Å². The summed E-state index contributed by atoms with van der Waals surface area (Å²) in [7, 11) is 2.77. The molecule has 146 valence electrons. The van der Waals surface area contributed by atoms with Gasteiger partial charge in [-0.05, 0) is 51.4 Å². The van der Waals surface area contributed by atoms with Gasteiger partial charge in [0.15, 0.2) is 0 Å². The maximum absolute atomic E-state index is 12.5. The predicted octanol–water partition coefficient (Wildman–Crippen LogP) is 3.85. The summed E-state index contributed by atoms with van der Waals surface area (Å²) < 4.78 is 10.2. The quantitative estimate of drug-likeness (QED) is 0.497. The number of ketones is 2. The maximum atomic E-state index is 12.5. The van der Waals surface area contributed by atoms with Gasteiger partial charge in [0.2, 0.25) is 23.1 Å². The Balaban J connectivity index is 1.74.